The molecule has 0 unspecified atom stereocenters. The predicted octanol–water partition coefficient (Wildman–Crippen LogP) is 1.67. The second kappa shape index (κ2) is 6.34. The molecule has 1 fully saturated rings. The highest BCUT2D eigenvalue weighted by molar-refractivity contribution is 9.10. The molecule has 3 N–H and O–H groups in total. The minimum absolute atomic E-state index is 0.0506. The molecule has 5 nitrogen and oxygen atoms in total. The lowest BCUT2D eigenvalue weighted by Crippen LogP contribution is -2.57. The summed E-state index contributed by atoms with van der Waals surface area (Å²) in [6, 6.07) is 5.16. The Labute approximate surface area is 135 Å². The molecule has 0 saturated heterocycles. The highest BCUT2D eigenvalue weighted by Gasteiger charge is 2.40. The molecule has 0 radical (unpaired) electrons. The summed E-state index contributed by atoms with van der Waals surface area (Å²) in [4.78, 5) is 2.36. The summed E-state index contributed by atoms with van der Waals surface area (Å²) in [7, 11) is 0.451. The molecule has 0 amide bonds. The summed E-state index contributed by atoms with van der Waals surface area (Å²) >= 11 is 3.31. The molecule has 0 aliphatic heterocycles. The first-order valence-corrected chi connectivity index (χ1v) is 9.24. The Morgan fingerprint density at radius 3 is 2.52 bits per heavy atom. The topological polar surface area (TPSA) is 75.4 Å². The SMILES string of the molecule is CN(C)C1(CNS(=O)(=O)c2cc(CN)ccc2Br)CCC1. The highest BCUT2D eigenvalue weighted by Crippen LogP contribution is 2.36. The van der Waals surface area contributed by atoms with E-state index in [-0.39, 0.29) is 10.4 Å². The van der Waals surface area contributed by atoms with Crippen LogP contribution < -0.4 is 10.5 Å². The van der Waals surface area contributed by atoms with Crippen LogP contribution in [0.25, 0.3) is 0 Å². The van der Waals surface area contributed by atoms with Crippen molar-refractivity contribution in [2.24, 2.45) is 5.73 Å². The second-order valence-electron chi connectivity index (χ2n) is 5.77. The van der Waals surface area contributed by atoms with E-state index in [4.69, 9.17) is 5.73 Å². The molecule has 1 saturated carbocycles. The van der Waals surface area contributed by atoms with Crippen molar-refractivity contribution in [3.8, 4) is 0 Å². The van der Waals surface area contributed by atoms with E-state index in [9.17, 15) is 8.42 Å². The van der Waals surface area contributed by atoms with Gasteiger partial charge in [0.25, 0.3) is 0 Å². The third kappa shape index (κ3) is 3.48. The van der Waals surface area contributed by atoms with Gasteiger partial charge in [-0.15, -0.1) is 0 Å². The summed E-state index contributed by atoms with van der Waals surface area (Å²) in [5, 5.41) is 0. The van der Waals surface area contributed by atoms with Crippen LogP contribution >= 0.6 is 15.9 Å². The summed E-state index contributed by atoms with van der Waals surface area (Å²) in [6.07, 6.45) is 3.19. The van der Waals surface area contributed by atoms with Gasteiger partial charge >= 0.3 is 0 Å². The van der Waals surface area contributed by atoms with Gasteiger partial charge in [-0.1, -0.05) is 6.07 Å². The van der Waals surface area contributed by atoms with Crippen molar-refractivity contribution < 1.29 is 8.42 Å². The fraction of sp³-hybridized carbons (Fsp3) is 0.571. The number of nitrogens with zero attached hydrogens (tertiary/aromatic N) is 1. The number of nitrogens with two attached hydrogens (primary N) is 1. The smallest absolute Gasteiger partial charge is 0.241 e. The summed E-state index contributed by atoms with van der Waals surface area (Å²) < 4.78 is 28.4. The van der Waals surface area contributed by atoms with Crippen molar-refractivity contribution in [2.75, 3.05) is 20.6 Å². The van der Waals surface area contributed by atoms with Gasteiger partial charge in [0, 0.05) is 23.1 Å². The van der Waals surface area contributed by atoms with Crippen LogP contribution in [0.5, 0.6) is 0 Å². The van der Waals surface area contributed by atoms with Crippen LogP contribution in [0, 0.1) is 0 Å². The number of halogens is 1. The van der Waals surface area contributed by atoms with Gasteiger partial charge in [-0.2, -0.15) is 0 Å². The quantitative estimate of drug-likeness (QED) is 0.792. The minimum atomic E-state index is -3.55. The second-order valence-corrected chi connectivity index (χ2v) is 8.36. The number of rotatable bonds is 6. The van der Waals surface area contributed by atoms with E-state index in [1.807, 2.05) is 20.2 Å². The van der Waals surface area contributed by atoms with Crippen molar-refractivity contribution in [3.63, 3.8) is 0 Å². The van der Waals surface area contributed by atoms with Gasteiger partial charge in [0.2, 0.25) is 10.0 Å². The van der Waals surface area contributed by atoms with E-state index < -0.39 is 10.0 Å². The molecule has 1 aliphatic carbocycles. The van der Waals surface area contributed by atoms with E-state index >= 15 is 0 Å². The maximum absolute atomic E-state index is 12.5. The first-order chi connectivity index (χ1) is 9.81. The Balaban J connectivity index is 2.19. The van der Waals surface area contributed by atoms with Gasteiger partial charge in [0.1, 0.15) is 0 Å². The number of hydrogen-bond acceptors (Lipinski definition) is 4. The molecule has 2 rings (SSSR count). The molecule has 0 atom stereocenters. The molecule has 0 spiro atoms. The molecule has 0 heterocycles. The molecule has 7 heteroatoms. The number of nitrogens with one attached hydrogen (secondary N) is 1. The number of hydrogen-bond donors (Lipinski definition) is 2. The van der Waals surface area contributed by atoms with Gasteiger partial charge in [0.15, 0.2) is 0 Å². The molecule has 21 heavy (non-hydrogen) atoms. The maximum atomic E-state index is 12.5. The predicted molar refractivity (Wildman–Crippen MR) is 87.5 cm³/mol. The number of benzene rings is 1. The van der Waals surface area contributed by atoms with Gasteiger partial charge in [-0.25, -0.2) is 13.1 Å². The Morgan fingerprint density at radius 1 is 1.38 bits per heavy atom. The minimum Gasteiger partial charge on any atom is -0.326 e. The zero-order valence-electron chi connectivity index (χ0n) is 12.4. The van der Waals surface area contributed by atoms with Crippen LogP contribution in [-0.4, -0.2) is 39.5 Å². The lowest BCUT2D eigenvalue weighted by atomic mass is 9.76. The van der Waals surface area contributed by atoms with Crippen molar-refractivity contribution in [2.45, 2.75) is 36.2 Å². The number of sulfonamides is 1. The van der Waals surface area contributed by atoms with Gasteiger partial charge in [-0.05, 0) is 67.0 Å². The summed E-state index contributed by atoms with van der Waals surface area (Å²) in [6.45, 7) is 0.749. The fourth-order valence-electron chi connectivity index (χ4n) is 2.55. The number of likely N-dealkylation sites (N-methyl/N-ethyl adjacent to an activating group) is 1. The van der Waals surface area contributed by atoms with Crippen LogP contribution in [0.4, 0.5) is 0 Å². The third-order valence-corrected chi connectivity index (χ3v) is 6.74. The van der Waals surface area contributed by atoms with E-state index in [2.05, 4.69) is 25.6 Å². The van der Waals surface area contributed by atoms with E-state index in [0.717, 1.165) is 24.8 Å². The molecule has 118 valence electrons. The summed E-state index contributed by atoms with van der Waals surface area (Å²) in [5.74, 6) is 0. The first kappa shape index (κ1) is 16.9. The van der Waals surface area contributed by atoms with Crippen LogP contribution in [0.15, 0.2) is 27.6 Å². The van der Waals surface area contributed by atoms with Crippen LogP contribution in [0.3, 0.4) is 0 Å². The fourth-order valence-corrected chi connectivity index (χ4v) is 4.69. The molecule has 0 aromatic heterocycles. The average molecular weight is 376 g/mol. The zero-order chi connectivity index (χ0) is 15.7. The summed E-state index contributed by atoms with van der Waals surface area (Å²) in [5.41, 5.74) is 6.33. The van der Waals surface area contributed by atoms with E-state index in [1.165, 1.54) is 0 Å². The van der Waals surface area contributed by atoms with Crippen LogP contribution in [0.1, 0.15) is 24.8 Å². The first-order valence-electron chi connectivity index (χ1n) is 6.96. The normalized spacial score (nSPS) is 17.8. The Kier molecular flexibility index (Phi) is 5.10. The van der Waals surface area contributed by atoms with Crippen molar-refractivity contribution in [1.29, 1.82) is 0 Å². The van der Waals surface area contributed by atoms with Crippen LogP contribution in [-0.2, 0) is 16.6 Å². The van der Waals surface area contributed by atoms with Gasteiger partial charge in [0.05, 0.1) is 4.90 Å². The largest absolute Gasteiger partial charge is 0.326 e. The molecule has 0 bridgehead atoms. The van der Waals surface area contributed by atoms with Gasteiger partial charge in [-0.3, -0.25) is 0 Å². The van der Waals surface area contributed by atoms with Gasteiger partial charge < -0.3 is 10.6 Å². The zero-order valence-corrected chi connectivity index (χ0v) is 14.8. The van der Waals surface area contributed by atoms with Crippen LogP contribution in [0.2, 0.25) is 0 Å². The lowest BCUT2D eigenvalue weighted by Gasteiger charge is -2.47. The monoisotopic (exact) mass is 375 g/mol. The Hall–Kier alpha value is -0.470. The maximum Gasteiger partial charge on any atom is 0.241 e. The highest BCUT2D eigenvalue weighted by atomic mass is 79.9. The van der Waals surface area contributed by atoms with Crippen molar-refractivity contribution in [1.82, 2.24) is 9.62 Å². The van der Waals surface area contributed by atoms with E-state index in [1.54, 1.807) is 12.1 Å². The molecule has 1 aromatic rings. The Bertz CT molecular complexity index is 613. The molecular formula is C14H22BrN3O2S. The molecular weight excluding hydrogens is 354 g/mol. The molecule has 1 aromatic carbocycles. The van der Waals surface area contributed by atoms with Crippen molar-refractivity contribution in [3.05, 3.63) is 28.2 Å². The van der Waals surface area contributed by atoms with Crippen molar-refractivity contribution >= 4 is 26.0 Å². The average Bonchev–Trinajstić information content (AvgIpc) is 2.37. The third-order valence-electron chi connectivity index (χ3n) is 4.35. The standard InChI is InChI=1S/C14H22BrN3O2S/c1-18(2)14(6-3-7-14)10-17-21(19,20)13-8-11(9-16)4-5-12(13)15/h4-5,8,17H,3,6-7,9-10,16H2,1-2H3. The molecule has 1 aliphatic rings. The van der Waals surface area contributed by atoms with E-state index in [0.29, 0.717) is 17.6 Å². The lowest BCUT2D eigenvalue weighted by molar-refractivity contribution is 0.0657. The Morgan fingerprint density at radius 2 is 2.05 bits per heavy atom.